The van der Waals surface area contributed by atoms with Crippen LogP contribution in [-0.4, -0.2) is 35.0 Å². The summed E-state index contributed by atoms with van der Waals surface area (Å²) in [6, 6.07) is 11.9. The maximum atomic E-state index is 12.6. The zero-order valence-corrected chi connectivity index (χ0v) is 20.0. The van der Waals surface area contributed by atoms with E-state index in [4.69, 9.17) is 11.6 Å². The van der Waals surface area contributed by atoms with Gasteiger partial charge in [0.2, 0.25) is 0 Å². The molecule has 1 saturated heterocycles. The number of H-pyrrole nitrogens is 1. The van der Waals surface area contributed by atoms with Crippen LogP contribution in [0.2, 0.25) is 5.02 Å². The number of aromatic nitrogens is 1. The summed E-state index contributed by atoms with van der Waals surface area (Å²) in [4.78, 5) is 18.6. The van der Waals surface area contributed by atoms with E-state index in [1.54, 1.807) is 6.07 Å². The third-order valence-electron chi connectivity index (χ3n) is 6.24. The molecule has 2 amide bonds. The van der Waals surface area contributed by atoms with Gasteiger partial charge in [0.15, 0.2) is 0 Å². The average molecular weight is 547 g/mol. The lowest BCUT2D eigenvalue weighted by atomic mass is 9.89. The largest absolute Gasteiger partial charge is 0.361 e. The molecule has 0 bridgehead atoms. The summed E-state index contributed by atoms with van der Waals surface area (Å²) in [5.74, 6) is 0. The van der Waals surface area contributed by atoms with Gasteiger partial charge >= 0.3 is 6.03 Å². The van der Waals surface area contributed by atoms with Gasteiger partial charge in [-0.3, -0.25) is 4.90 Å². The Morgan fingerprint density at radius 3 is 2.97 bits per heavy atom. The highest BCUT2D eigenvalue weighted by Gasteiger charge is 2.27. The molecule has 0 saturated carbocycles. The zero-order chi connectivity index (χ0) is 21.4. The molecule has 0 aliphatic carbocycles. The monoisotopic (exact) mass is 546 g/mol. The summed E-state index contributed by atoms with van der Waals surface area (Å²) in [6.45, 7) is 2.25. The number of piperidine rings is 1. The Hall–Kier alpha value is -2.03. The van der Waals surface area contributed by atoms with Gasteiger partial charge in [0.25, 0.3) is 0 Å². The molecular formula is C24H24ClIN4O. The summed E-state index contributed by atoms with van der Waals surface area (Å²) in [7, 11) is 0. The van der Waals surface area contributed by atoms with Crippen molar-refractivity contribution in [3.63, 3.8) is 0 Å². The molecule has 0 radical (unpaired) electrons. The number of benzene rings is 2. The molecule has 1 aromatic heterocycles. The molecular weight excluding hydrogens is 523 g/mol. The molecule has 5 nitrogen and oxygen atoms in total. The van der Waals surface area contributed by atoms with E-state index in [0.717, 1.165) is 33.1 Å². The van der Waals surface area contributed by atoms with E-state index in [1.165, 1.54) is 36.9 Å². The third-order valence-corrected chi connectivity index (χ3v) is 7.24. The Morgan fingerprint density at radius 2 is 2.06 bits per heavy atom. The predicted molar refractivity (Wildman–Crippen MR) is 137 cm³/mol. The number of carbonyl (C=O) groups excluding carboxylic acids is 1. The maximum Gasteiger partial charge on any atom is 0.323 e. The minimum absolute atomic E-state index is 0.310. The van der Waals surface area contributed by atoms with Crippen LogP contribution in [0.1, 0.15) is 31.2 Å². The molecule has 0 spiro atoms. The molecule has 2 aliphatic rings. The second-order valence-electron chi connectivity index (χ2n) is 8.24. The quantitative estimate of drug-likeness (QED) is 0.320. The van der Waals surface area contributed by atoms with Gasteiger partial charge in [0.05, 0.1) is 10.7 Å². The van der Waals surface area contributed by atoms with Gasteiger partial charge in [-0.1, -0.05) is 24.1 Å². The molecule has 1 unspecified atom stereocenters. The average Bonchev–Trinajstić information content (AvgIpc) is 3.19. The summed E-state index contributed by atoms with van der Waals surface area (Å²) in [6.07, 6.45) is 9.50. The number of urea groups is 1. The van der Waals surface area contributed by atoms with Crippen LogP contribution >= 0.6 is 34.2 Å². The molecule has 1 atom stereocenters. The van der Waals surface area contributed by atoms with E-state index >= 15 is 0 Å². The standard InChI is InChI=1S/C24H24ClIN4O/c25-21-6-4-16(26)12-23(21)29-24(31)28-17-5-7-22-19(13-17)20(14-27-22)15-8-10-30-9-2-1-3-18(30)11-15/h4-8,12-14,18,27H,1-3,9-11H2,(H2,28,29,31). The first-order valence-electron chi connectivity index (χ1n) is 10.6. The molecule has 2 aliphatic heterocycles. The predicted octanol–water partition coefficient (Wildman–Crippen LogP) is 6.71. The van der Waals surface area contributed by atoms with Crippen molar-refractivity contribution in [2.75, 3.05) is 23.7 Å². The first-order chi connectivity index (χ1) is 15.1. The van der Waals surface area contributed by atoms with Crippen LogP contribution in [0.5, 0.6) is 0 Å². The van der Waals surface area contributed by atoms with Crippen LogP contribution in [0.3, 0.4) is 0 Å². The highest BCUT2D eigenvalue weighted by Crippen LogP contribution is 2.35. The van der Waals surface area contributed by atoms with Gasteiger partial charge < -0.3 is 15.6 Å². The smallest absolute Gasteiger partial charge is 0.323 e. The van der Waals surface area contributed by atoms with Crippen molar-refractivity contribution in [3.8, 4) is 0 Å². The van der Waals surface area contributed by atoms with Crippen molar-refractivity contribution in [2.24, 2.45) is 0 Å². The summed E-state index contributed by atoms with van der Waals surface area (Å²) in [5.41, 5.74) is 5.07. The summed E-state index contributed by atoms with van der Waals surface area (Å²) < 4.78 is 1.01. The summed E-state index contributed by atoms with van der Waals surface area (Å²) >= 11 is 8.40. The fraction of sp³-hybridized carbons (Fsp3) is 0.292. The van der Waals surface area contributed by atoms with Crippen LogP contribution < -0.4 is 10.6 Å². The number of nitrogens with one attached hydrogen (secondary N) is 3. The molecule has 31 heavy (non-hydrogen) atoms. The normalized spacial score (nSPS) is 19.0. The molecule has 160 valence electrons. The van der Waals surface area contributed by atoms with Crippen LogP contribution in [0.4, 0.5) is 16.2 Å². The van der Waals surface area contributed by atoms with Gasteiger partial charge in [-0.15, -0.1) is 0 Å². The van der Waals surface area contributed by atoms with Gasteiger partial charge in [-0.25, -0.2) is 4.79 Å². The Morgan fingerprint density at radius 1 is 1.16 bits per heavy atom. The fourth-order valence-corrected chi connectivity index (χ4v) is 5.31. The number of nitrogens with zero attached hydrogens (tertiary/aromatic N) is 1. The lowest BCUT2D eigenvalue weighted by molar-refractivity contribution is 0.161. The summed E-state index contributed by atoms with van der Waals surface area (Å²) in [5, 5.41) is 7.43. The molecule has 7 heteroatoms. The van der Waals surface area contributed by atoms with Crippen LogP contribution in [-0.2, 0) is 0 Å². The van der Waals surface area contributed by atoms with E-state index in [0.29, 0.717) is 16.8 Å². The van der Waals surface area contributed by atoms with E-state index in [-0.39, 0.29) is 6.03 Å². The molecule has 3 aromatic rings. The van der Waals surface area contributed by atoms with Crippen molar-refractivity contribution in [2.45, 2.75) is 31.7 Å². The topological polar surface area (TPSA) is 60.2 Å². The van der Waals surface area contributed by atoms with Crippen molar-refractivity contribution >= 4 is 68.1 Å². The Bertz CT molecular complexity index is 1170. The minimum atomic E-state index is -0.310. The highest BCUT2D eigenvalue weighted by atomic mass is 127. The number of aromatic amines is 1. The third kappa shape index (κ3) is 4.47. The molecule has 2 aromatic carbocycles. The second kappa shape index (κ2) is 8.84. The van der Waals surface area contributed by atoms with Gasteiger partial charge in [0, 0.05) is 44.5 Å². The van der Waals surface area contributed by atoms with E-state index in [9.17, 15) is 4.79 Å². The van der Waals surface area contributed by atoms with Gasteiger partial charge in [0.1, 0.15) is 0 Å². The van der Waals surface area contributed by atoms with Crippen LogP contribution in [0.25, 0.3) is 16.5 Å². The highest BCUT2D eigenvalue weighted by molar-refractivity contribution is 14.1. The number of hydrogen-bond donors (Lipinski definition) is 3. The lowest BCUT2D eigenvalue weighted by Crippen LogP contribution is -2.41. The van der Waals surface area contributed by atoms with E-state index in [2.05, 4.69) is 55.4 Å². The molecule has 1 fully saturated rings. The number of carbonyl (C=O) groups is 1. The number of anilines is 2. The van der Waals surface area contributed by atoms with Crippen LogP contribution in [0, 0.1) is 3.57 Å². The lowest BCUT2D eigenvalue weighted by Gasteiger charge is -2.38. The van der Waals surface area contributed by atoms with Crippen molar-refractivity contribution in [3.05, 3.63) is 62.8 Å². The number of rotatable bonds is 3. The zero-order valence-electron chi connectivity index (χ0n) is 17.1. The van der Waals surface area contributed by atoms with Crippen LogP contribution in [0.15, 0.2) is 48.7 Å². The molecule has 3 heterocycles. The van der Waals surface area contributed by atoms with E-state index in [1.807, 2.05) is 30.3 Å². The fourth-order valence-electron chi connectivity index (χ4n) is 4.66. The Labute approximate surface area is 200 Å². The van der Waals surface area contributed by atoms with Crippen molar-refractivity contribution in [1.29, 1.82) is 0 Å². The number of halogens is 2. The maximum absolute atomic E-state index is 12.6. The minimum Gasteiger partial charge on any atom is -0.361 e. The first-order valence-corrected chi connectivity index (χ1v) is 12.1. The SMILES string of the molecule is O=C(Nc1ccc2[nH]cc(C3=CCN4CCCCC4C3)c2c1)Nc1cc(I)ccc1Cl. The number of fused-ring (bicyclic) bond motifs is 2. The number of hydrogen-bond acceptors (Lipinski definition) is 2. The van der Waals surface area contributed by atoms with E-state index < -0.39 is 0 Å². The Kier molecular flexibility index (Phi) is 5.95. The van der Waals surface area contributed by atoms with Crippen molar-refractivity contribution in [1.82, 2.24) is 9.88 Å². The first kappa shape index (κ1) is 20.8. The second-order valence-corrected chi connectivity index (χ2v) is 9.90. The van der Waals surface area contributed by atoms with Gasteiger partial charge in [-0.05, 0) is 90.4 Å². The molecule has 3 N–H and O–H groups in total. The Balaban J connectivity index is 1.36. The van der Waals surface area contributed by atoms with Crippen molar-refractivity contribution < 1.29 is 4.79 Å². The van der Waals surface area contributed by atoms with Gasteiger partial charge in [-0.2, -0.15) is 0 Å². The number of amides is 2. The molecule has 5 rings (SSSR count).